The fraction of sp³-hybridized carbons (Fsp3) is 0.206. The molecule has 0 saturated carbocycles. The maximum Gasteiger partial charge on any atom is 0.330 e. The van der Waals surface area contributed by atoms with Crippen molar-refractivity contribution in [3.05, 3.63) is 140 Å². The summed E-state index contributed by atoms with van der Waals surface area (Å²) in [4.78, 5) is 41.2. The third-order valence-corrected chi connectivity index (χ3v) is 10.7. The summed E-state index contributed by atoms with van der Waals surface area (Å²) >= 11 is 27.5. The minimum Gasteiger partial charge on any atom is -0.459 e. The van der Waals surface area contributed by atoms with E-state index in [0.29, 0.717) is 37.9 Å². The first-order chi connectivity index (χ1) is 20.7. The third kappa shape index (κ3) is 4.09. The fourth-order valence-electron chi connectivity index (χ4n) is 7.00. The molecule has 4 aromatic rings. The molecule has 3 atom stereocenters. The molecular formula is C34H23Cl4NO4. The molecule has 216 valence electrons. The number of nitrogens with zero attached hydrogens (tertiary/aromatic N) is 1. The minimum atomic E-state index is -1.35. The number of amides is 2. The van der Waals surface area contributed by atoms with E-state index in [4.69, 9.17) is 51.1 Å². The number of halogens is 4. The highest BCUT2D eigenvalue weighted by atomic mass is 35.5. The summed E-state index contributed by atoms with van der Waals surface area (Å²) < 4.78 is 5.71. The molecule has 0 N–H and O–H groups in total. The predicted octanol–water partition coefficient (Wildman–Crippen LogP) is 7.24. The highest BCUT2D eigenvalue weighted by Crippen LogP contribution is 2.69. The second-order valence-corrected chi connectivity index (χ2v) is 13.1. The largest absolute Gasteiger partial charge is 0.459 e. The number of carbonyl (C=O) groups excluding carboxylic acids is 3. The number of imide groups is 1. The van der Waals surface area contributed by atoms with Crippen molar-refractivity contribution in [1.29, 1.82) is 0 Å². The van der Waals surface area contributed by atoms with Gasteiger partial charge in [0, 0.05) is 22.0 Å². The molecule has 2 bridgehead atoms. The molecule has 0 spiro atoms. The molecular weight excluding hydrogens is 628 g/mol. The van der Waals surface area contributed by atoms with Gasteiger partial charge in [-0.3, -0.25) is 14.5 Å². The summed E-state index contributed by atoms with van der Waals surface area (Å²) in [6.07, 6.45) is 0.0510. The number of likely N-dealkylation sites (tertiary alicyclic amines) is 1. The van der Waals surface area contributed by atoms with Crippen LogP contribution in [0, 0.1) is 11.8 Å². The van der Waals surface area contributed by atoms with Gasteiger partial charge in [-0.25, -0.2) is 4.79 Å². The fourth-order valence-corrected chi connectivity index (χ4v) is 8.56. The molecule has 1 heterocycles. The van der Waals surface area contributed by atoms with Gasteiger partial charge in [0.15, 0.2) is 0 Å². The van der Waals surface area contributed by atoms with Crippen LogP contribution in [-0.4, -0.2) is 28.7 Å². The summed E-state index contributed by atoms with van der Waals surface area (Å²) in [5.41, 5.74) is 4.04. The number of esters is 1. The number of ether oxygens (including phenoxy) is 1. The van der Waals surface area contributed by atoms with E-state index in [2.05, 4.69) is 0 Å². The van der Waals surface area contributed by atoms with Crippen molar-refractivity contribution in [3.63, 3.8) is 0 Å². The average Bonchev–Trinajstić information content (AvgIpc) is 3.29. The van der Waals surface area contributed by atoms with Crippen LogP contribution in [0.25, 0.3) is 0 Å². The van der Waals surface area contributed by atoms with Gasteiger partial charge in [-0.15, -0.1) is 23.2 Å². The van der Waals surface area contributed by atoms with Crippen molar-refractivity contribution in [3.8, 4) is 0 Å². The number of carbonyl (C=O) groups is 3. The molecule has 4 aliphatic rings. The lowest BCUT2D eigenvalue weighted by molar-refractivity contribution is -0.159. The van der Waals surface area contributed by atoms with Crippen LogP contribution in [0.1, 0.15) is 33.4 Å². The molecule has 1 saturated heterocycles. The lowest BCUT2D eigenvalue weighted by atomic mass is 9.54. The normalized spacial score (nSPS) is 25.6. The van der Waals surface area contributed by atoms with Gasteiger partial charge in [0.2, 0.25) is 11.8 Å². The number of benzene rings is 4. The first kappa shape index (κ1) is 28.4. The van der Waals surface area contributed by atoms with Crippen LogP contribution < -0.4 is 0 Å². The smallest absolute Gasteiger partial charge is 0.330 e. The van der Waals surface area contributed by atoms with Crippen molar-refractivity contribution < 1.29 is 19.1 Å². The van der Waals surface area contributed by atoms with Gasteiger partial charge in [-0.2, -0.15) is 0 Å². The number of alkyl halides is 2. The predicted molar refractivity (Wildman–Crippen MR) is 165 cm³/mol. The number of rotatable bonds is 6. The van der Waals surface area contributed by atoms with Gasteiger partial charge in [0.05, 0.1) is 11.8 Å². The Morgan fingerprint density at radius 1 is 0.744 bits per heavy atom. The summed E-state index contributed by atoms with van der Waals surface area (Å²) in [5.74, 6) is -3.91. The van der Waals surface area contributed by atoms with Crippen molar-refractivity contribution in [1.82, 2.24) is 4.90 Å². The van der Waals surface area contributed by atoms with E-state index in [0.717, 1.165) is 10.5 Å². The Kier molecular flexibility index (Phi) is 6.86. The van der Waals surface area contributed by atoms with E-state index in [1.165, 1.54) is 0 Å². The second kappa shape index (κ2) is 10.4. The van der Waals surface area contributed by atoms with Crippen LogP contribution in [0.3, 0.4) is 0 Å². The molecule has 5 nitrogen and oxygen atoms in total. The third-order valence-electron chi connectivity index (χ3n) is 8.86. The van der Waals surface area contributed by atoms with Crippen LogP contribution in [0.5, 0.6) is 0 Å². The SMILES string of the molecule is O=C(OCc1ccc(Cl)cc1Cl)[C@H](Cc1ccccc1)N1C(=O)[C@H]2[C@H](C1=O)C1(Cl)c3ccccc3C2(Cl)c2ccccc21. The Labute approximate surface area is 268 Å². The van der Waals surface area contributed by atoms with E-state index < -0.39 is 45.4 Å². The molecule has 1 fully saturated rings. The molecule has 43 heavy (non-hydrogen) atoms. The summed E-state index contributed by atoms with van der Waals surface area (Å²) in [6.45, 7) is -0.168. The lowest BCUT2D eigenvalue weighted by Crippen LogP contribution is -2.57. The van der Waals surface area contributed by atoms with E-state index in [9.17, 15) is 14.4 Å². The first-order valence-electron chi connectivity index (χ1n) is 13.8. The van der Waals surface area contributed by atoms with Crippen molar-refractivity contribution in [2.45, 2.75) is 28.8 Å². The van der Waals surface area contributed by atoms with E-state index in [-0.39, 0.29) is 13.0 Å². The lowest BCUT2D eigenvalue weighted by Gasteiger charge is -2.54. The van der Waals surface area contributed by atoms with Crippen LogP contribution in [0.2, 0.25) is 10.0 Å². The Hall–Kier alpha value is -3.35. The Morgan fingerprint density at radius 3 is 1.72 bits per heavy atom. The highest BCUT2D eigenvalue weighted by Gasteiger charge is 2.73. The van der Waals surface area contributed by atoms with Gasteiger partial charge in [-0.1, -0.05) is 108 Å². The minimum absolute atomic E-state index is 0.0510. The highest BCUT2D eigenvalue weighted by molar-refractivity contribution is 6.36. The molecule has 4 aromatic carbocycles. The molecule has 2 amide bonds. The van der Waals surface area contributed by atoms with Crippen LogP contribution in [0.15, 0.2) is 97.1 Å². The standard InChI is InChI=1S/C34H23Cl4NO4/c35-21-15-14-20(26(36)17-21)18-43-32(42)27(16-19-8-2-1-3-9-19)39-30(40)28-29(31(39)41)34(38)23-11-5-4-10-22(23)33(28,37)24-12-6-7-13-25(24)34/h1-15,17,27-29H,16,18H2/t27-,28+,29+,33?,34?/m0/s1. The van der Waals surface area contributed by atoms with Crippen LogP contribution in [-0.2, 0) is 41.9 Å². The van der Waals surface area contributed by atoms with Gasteiger partial charge in [0.25, 0.3) is 0 Å². The van der Waals surface area contributed by atoms with Crippen molar-refractivity contribution in [2.75, 3.05) is 0 Å². The van der Waals surface area contributed by atoms with E-state index in [1.54, 1.807) is 18.2 Å². The zero-order valence-corrected chi connectivity index (χ0v) is 25.5. The molecule has 0 unspecified atom stereocenters. The average molecular weight is 651 g/mol. The van der Waals surface area contributed by atoms with E-state index >= 15 is 0 Å². The molecule has 0 aromatic heterocycles. The Morgan fingerprint density at radius 2 is 1.23 bits per heavy atom. The monoisotopic (exact) mass is 649 g/mol. The Balaban J connectivity index is 1.32. The maximum atomic E-state index is 14.5. The Bertz CT molecular complexity index is 1690. The van der Waals surface area contributed by atoms with E-state index in [1.807, 2.05) is 78.9 Å². The number of hydrogen-bond acceptors (Lipinski definition) is 4. The van der Waals surface area contributed by atoms with Crippen LogP contribution >= 0.6 is 46.4 Å². The summed E-state index contributed by atoms with van der Waals surface area (Å²) in [7, 11) is 0. The quantitative estimate of drug-likeness (QED) is 0.125. The van der Waals surface area contributed by atoms with Gasteiger partial charge >= 0.3 is 5.97 Å². The van der Waals surface area contributed by atoms with Crippen molar-refractivity contribution in [2.24, 2.45) is 11.8 Å². The molecule has 1 aliphatic heterocycles. The molecule has 9 heteroatoms. The first-order valence-corrected chi connectivity index (χ1v) is 15.3. The molecule has 8 rings (SSSR count). The van der Waals surface area contributed by atoms with Gasteiger partial charge in [0.1, 0.15) is 22.4 Å². The zero-order chi connectivity index (χ0) is 30.1. The van der Waals surface area contributed by atoms with Gasteiger partial charge < -0.3 is 4.74 Å². The molecule has 0 radical (unpaired) electrons. The number of hydrogen-bond donors (Lipinski definition) is 0. The van der Waals surface area contributed by atoms with Crippen molar-refractivity contribution >= 4 is 64.2 Å². The van der Waals surface area contributed by atoms with Gasteiger partial charge in [-0.05, 0) is 39.9 Å². The summed E-state index contributed by atoms with van der Waals surface area (Å²) in [5, 5.41) is 0.777. The van der Waals surface area contributed by atoms with Crippen LogP contribution in [0.4, 0.5) is 0 Å². The second-order valence-electron chi connectivity index (χ2n) is 11.1. The maximum absolute atomic E-state index is 14.5. The topological polar surface area (TPSA) is 63.7 Å². The molecule has 3 aliphatic carbocycles. The zero-order valence-electron chi connectivity index (χ0n) is 22.5. The summed E-state index contributed by atoms with van der Waals surface area (Å²) in [6, 6.07) is 27.6.